The molecule has 20 heavy (non-hydrogen) atoms. The van der Waals surface area contributed by atoms with Crippen LogP contribution >= 0.6 is 38.9 Å². The van der Waals surface area contributed by atoms with Gasteiger partial charge in [-0.2, -0.15) is 0 Å². The Balaban J connectivity index is 1.96. The third-order valence-electron chi connectivity index (χ3n) is 3.02. The molecule has 3 rings (SSSR count). The minimum atomic E-state index is -0.255. The molecule has 0 spiro atoms. The number of halogens is 2. The van der Waals surface area contributed by atoms with Crippen molar-refractivity contribution >= 4 is 38.9 Å². The predicted molar refractivity (Wildman–Crippen MR) is 83.7 cm³/mol. The van der Waals surface area contributed by atoms with Gasteiger partial charge in [0.05, 0.1) is 12.5 Å². The van der Waals surface area contributed by atoms with Crippen LogP contribution in [0.2, 0.25) is 0 Å². The summed E-state index contributed by atoms with van der Waals surface area (Å²) in [5, 5.41) is 1.69. The largest absolute Gasteiger partial charge is 0.496 e. The number of methoxy groups -OCH3 is 1. The average Bonchev–Trinajstić information content (AvgIpc) is 2.94. The van der Waals surface area contributed by atoms with E-state index in [4.69, 9.17) is 25.8 Å². The number of rotatable bonds is 3. The number of hydrogen-bond acceptors (Lipinski definition) is 4. The third kappa shape index (κ3) is 2.62. The summed E-state index contributed by atoms with van der Waals surface area (Å²) in [6, 6.07) is 5.79. The van der Waals surface area contributed by atoms with Crippen LogP contribution in [0.4, 0.5) is 0 Å². The van der Waals surface area contributed by atoms with E-state index >= 15 is 0 Å². The fourth-order valence-corrected chi connectivity index (χ4v) is 3.93. The van der Waals surface area contributed by atoms with Crippen LogP contribution in [0.15, 0.2) is 28.1 Å². The van der Waals surface area contributed by atoms with Crippen LogP contribution in [0.25, 0.3) is 0 Å². The van der Waals surface area contributed by atoms with E-state index in [0.29, 0.717) is 13.2 Å². The second-order valence-electron chi connectivity index (χ2n) is 4.27. The Morgan fingerprint density at radius 2 is 1.95 bits per heavy atom. The van der Waals surface area contributed by atoms with Crippen LogP contribution in [0.3, 0.4) is 0 Å². The molecule has 1 aliphatic heterocycles. The van der Waals surface area contributed by atoms with Gasteiger partial charge in [-0.3, -0.25) is 0 Å². The fourth-order valence-electron chi connectivity index (χ4n) is 2.00. The Labute approximate surface area is 134 Å². The molecule has 1 atom stereocenters. The summed E-state index contributed by atoms with van der Waals surface area (Å²) in [7, 11) is 1.65. The maximum absolute atomic E-state index is 6.58. The lowest BCUT2D eigenvalue weighted by molar-refractivity contribution is 0.171. The quantitative estimate of drug-likeness (QED) is 0.733. The van der Waals surface area contributed by atoms with E-state index in [1.165, 1.54) is 0 Å². The van der Waals surface area contributed by atoms with Crippen molar-refractivity contribution in [3.8, 4) is 17.2 Å². The molecule has 0 fully saturated rings. The highest BCUT2D eigenvalue weighted by Crippen LogP contribution is 2.43. The molecule has 106 valence electrons. The van der Waals surface area contributed by atoms with Crippen molar-refractivity contribution in [2.75, 3.05) is 20.3 Å². The van der Waals surface area contributed by atoms with E-state index in [-0.39, 0.29) is 5.38 Å². The van der Waals surface area contributed by atoms with Gasteiger partial charge < -0.3 is 14.2 Å². The van der Waals surface area contributed by atoms with Crippen LogP contribution in [0.5, 0.6) is 17.2 Å². The van der Waals surface area contributed by atoms with Gasteiger partial charge in [0.15, 0.2) is 11.5 Å². The molecule has 1 aromatic carbocycles. The van der Waals surface area contributed by atoms with Gasteiger partial charge in [0, 0.05) is 14.7 Å². The summed E-state index contributed by atoms with van der Waals surface area (Å²) < 4.78 is 17.3. The number of hydrogen-bond donors (Lipinski definition) is 0. The lowest BCUT2D eigenvalue weighted by Gasteiger charge is -2.21. The first-order valence-electron chi connectivity index (χ1n) is 6.04. The van der Waals surface area contributed by atoms with Gasteiger partial charge in [-0.15, -0.1) is 22.9 Å². The smallest absolute Gasteiger partial charge is 0.162 e. The molecule has 0 saturated heterocycles. The average molecular weight is 376 g/mol. The topological polar surface area (TPSA) is 27.7 Å². The summed E-state index contributed by atoms with van der Waals surface area (Å²) in [6.07, 6.45) is 0. The highest BCUT2D eigenvalue weighted by molar-refractivity contribution is 9.10. The van der Waals surface area contributed by atoms with E-state index in [2.05, 4.69) is 15.9 Å². The first-order chi connectivity index (χ1) is 9.69. The fraction of sp³-hybridized carbons (Fsp3) is 0.286. The van der Waals surface area contributed by atoms with Crippen LogP contribution in [0.1, 0.15) is 15.8 Å². The Morgan fingerprint density at radius 1 is 1.25 bits per heavy atom. The van der Waals surface area contributed by atoms with Crippen LogP contribution in [-0.4, -0.2) is 20.3 Å². The van der Waals surface area contributed by atoms with Gasteiger partial charge in [-0.05, 0) is 23.8 Å². The standard InChI is InChI=1S/C14H12BrClO3S/c1-17-8-4-13(20-7-8)14(16)9-5-11-12(6-10(9)15)19-3-2-18-11/h4-7,14H,2-3H2,1H3. The highest BCUT2D eigenvalue weighted by Gasteiger charge is 2.21. The van der Waals surface area contributed by atoms with Gasteiger partial charge in [-0.25, -0.2) is 0 Å². The van der Waals surface area contributed by atoms with E-state index in [1.807, 2.05) is 23.6 Å². The van der Waals surface area contributed by atoms with Crippen LogP contribution in [0, 0.1) is 0 Å². The number of benzene rings is 1. The van der Waals surface area contributed by atoms with E-state index in [9.17, 15) is 0 Å². The lowest BCUT2D eigenvalue weighted by Crippen LogP contribution is -2.15. The summed E-state index contributed by atoms with van der Waals surface area (Å²) in [5.74, 6) is 2.31. The molecule has 0 radical (unpaired) electrons. The number of alkyl halides is 1. The van der Waals surface area contributed by atoms with Crippen molar-refractivity contribution in [3.05, 3.63) is 38.5 Å². The number of fused-ring (bicyclic) bond motifs is 1. The molecule has 0 N–H and O–H groups in total. The second-order valence-corrected chi connectivity index (χ2v) is 6.50. The molecule has 3 nitrogen and oxygen atoms in total. The van der Waals surface area contributed by atoms with Gasteiger partial charge in [0.2, 0.25) is 0 Å². The molecular formula is C14H12BrClO3S. The minimum Gasteiger partial charge on any atom is -0.496 e. The summed E-state index contributed by atoms with van der Waals surface area (Å²) in [4.78, 5) is 1.03. The van der Waals surface area contributed by atoms with E-state index in [1.54, 1.807) is 18.4 Å². The van der Waals surface area contributed by atoms with Gasteiger partial charge >= 0.3 is 0 Å². The summed E-state index contributed by atoms with van der Waals surface area (Å²) >= 11 is 11.7. The van der Waals surface area contributed by atoms with Crippen molar-refractivity contribution in [2.24, 2.45) is 0 Å². The molecule has 2 aromatic rings. The Hall–Kier alpha value is -0.910. The zero-order valence-corrected chi connectivity index (χ0v) is 13.8. The van der Waals surface area contributed by atoms with Crippen molar-refractivity contribution in [3.63, 3.8) is 0 Å². The zero-order valence-electron chi connectivity index (χ0n) is 10.7. The second kappa shape index (κ2) is 5.84. The molecule has 0 saturated carbocycles. The number of ether oxygens (including phenoxy) is 3. The Morgan fingerprint density at radius 3 is 2.60 bits per heavy atom. The minimum absolute atomic E-state index is 0.255. The molecule has 1 unspecified atom stereocenters. The molecule has 0 aliphatic carbocycles. The molecule has 0 bridgehead atoms. The summed E-state index contributed by atoms with van der Waals surface area (Å²) in [6.45, 7) is 1.14. The molecule has 1 aromatic heterocycles. The first kappa shape index (κ1) is 14.0. The number of thiophene rings is 1. The molecular weight excluding hydrogens is 364 g/mol. The Bertz CT molecular complexity index is 629. The molecule has 0 amide bonds. The van der Waals surface area contributed by atoms with E-state index in [0.717, 1.165) is 32.2 Å². The van der Waals surface area contributed by atoms with Crippen molar-refractivity contribution in [1.29, 1.82) is 0 Å². The predicted octanol–water partition coefficient (Wildman–Crippen LogP) is 4.62. The van der Waals surface area contributed by atoms with Gasteiger partial charge in [-0.1, -0.05) is 15.9 Å². The van der Waals surface area contributed by atoms with Crippen molar-refractivity contribution < 1.29 is 14.2 Å². The SMILES string of the molecule is COc1csc(C(Cl)c2cc3c(cc2Br)OCCO3)c1. The van der Waals surface area contributed by atoms with Gasteiger partial charge in [0.1, 0.15) is 19.0 Å². The monoisotopic (exact) mass is 374 g/mol. The van der Waals surface area contributed by atoms with Gasteiger partial charge in [0.25, 0.3) is 0 Å². The lowest BCUT2D eigenvalue weighted by atomic mass is 10.1. The van der Waals surface area contributed by atoms with Crippen LogP contribution in [-0.2, 0) is 0 Å². The first-order valence-corrected chi connectivity index (χ1v) is 8.15. The van der Waals surface area contributed by atoms with Crippen molar-refractivity contribution in [1.82, 2.24) is 0 Å². The zero-order chi connectivity index (χ0) is 14.1. The van der Waals surface area contributed by atoms with Crippen molar-refractivity contribution in [2.45, 2.75) is 5.38 Å². The highest BCUT2D eigenvalue weighted by atomic mass is 79.9. The maximum atomic E-state index is 6.58. The normalized spacial score (nSPS) is 14.9. The molecule has 1 aliphatic rings. The molecule has 2 heterocycles. The third-order valence-corrected chi connectivity index (χ3v) is 5.28. The maximum Gasteiger partial charge on any atom is 0.162 e. The molecule has 6 heteroatoms. The Kier molecular flexibility index (Phi) is 4.10. The van der Waals surface area contributed by atoms with E-state index < -0.39 is 0 Å². The van der Waals surface area contributed by atoms with Crippen LogP contribution < -0.4 is 14.2 Å². The summed E-state index contributed by atoms with van der Waals surface area (Å²) in [5.41, 5.74) is 0.959.